The average Bonchev–Trinajstić information content (AvgIpc) is 2.86. The molecule has 0 bridgehead atoms. The molecule has 0 saturated carbocycles. The van der Waals surface area contributed by atoms with Crippen LogP contribution in [0.15, 0.2) is 78.9 Å². The zero-order chi connectivity index (χ0) is 24.2. The Morgan fingerprint density at radius 2 is 1.47 bits per heavy atom. The zero-order valence-electron chi connectivity index (χ0n) is 19.2. The molecule has 0 atom stereocenters. The molecule has 3 aromatic rings. The van der Waals surface area contributed by atoms with Crippen LogP contribution in [0.2, 0.25) is 0 Å². The first-order chi connectivity index (χ1) is 16.5. The van der Waals surface area contributed by atoms with Crippen LogP contribution in [0, 0.1) is 0 Å². The van der Waals surface area contributed by atoms with Crippen LogP contribution >= 0.6 is 0 Å². The molecular formula is C27H29N3O4. The Morgan fingerprint density at radius 1 is 0.765 bits per heavy atom. The first-order valence-corrected chi connectivity index (χ1v) is 11.3. The number of esters is 1. The largest absolute Gasteiger partial charge is 0.462 e. The van der Waals surface area contributed by atoms with Crippen molar-refractivity contribution < 1.29 is 19.1 Å². The van der Waals surface area contributed by atoms with Gasteiger partial charge in [0.15, 0.2) is 0 Å². The van der Waals surface area contributed by atoms with Crippen LogP contribution < -0.4 is 16.0 Å². The van der Waals surface area contributed by atoms with E-state index < -0.39 is 0 Å². The molecule has 3 rings (SSSR count). The highest BCUT2D eigenvalue weighted by Gasteiger charge is 2.08. The number of hydrogen-bond acceptors (Lipinski definition) is 5. The average molecular weight is 460 g/mol. The molecule has 0 unspecified atom stereocenters. The van der Waals surface area contributed by atoms with Crippen molar-refractivity contribution in [3.8, 4) is 0 Å². The SMILES string of the molecule is CCCOC(=O)c1ccc(NC(=O)CNc2cccc(NC(=O)CCc3ccccc3)c2)cc1. The lowest BCUT2D eigenvalue weighted by Gasteiger charge is -2.11. The van der Waals surface area contributed by atoms with Gasteiger partial charge in [-0.1, -0.05) is 43.3 Å². The summed E-state index contributed by atoms with van der Waals surface area (Å²) in [6, 6.07) is 23.6. The molecule has 0 saturated heterocycles. The molecule has 3 aromatic carbocycles. The van der Waals surface area contributed by atoms with Crippen LogP contribution in [-0.2, 0) is 20.7 Å². The molecule has 0 fully saturated rings. The molecule has 0 aliphatic carbocycles. The quantitative estimate of drug-likeness (QED) is 0.355. The maximum atomic E-state index is 12.3. The van der Waals surface area contributed by atoms with Crippen LogP contribution in [0.5, 0.6) is 0 Å². The van der Waals surface area contributed by atoms with Crippen LogP contribution in [0.25, 0.3) is 0 Å². The highest BCUT2D eigenvalue weighted by Crippen LogP contribution is 2.16. The molecule has 0 heterocycles. The van der Waals surface area contributed by atoms with Gasteiger partial charge in [-0.25, -0.2) is 4.79 Å². The van der Waals surface area contributed by atoms with Gasteiger partial charge in [0.05, 0.1) is 18.7 Å². The van der Waals surface area contributed by atoms with Gasteiger partial charge < -0.3 is 20.7 Å². The van der Waals surface area contributed by atoms with Gasteiger partial charge in [0.2, 0.25) is 11.8 Å². The molecule has 0 spiro atoms. The second-order valence-electron chi connectivity index (χ2n) is 7.73. The Bertz CT molecular complexity index is 1100. The molecule has 0 radical (unpaired) electrons. The van der Waals surface area contributed by atoms with Gasteiger partial charge >= 0.3 is 5.97 Å². The number of amides is 2. The number of nitrogens with one attached hydrogen (secondary N) is 3. The van der Waals surface area contributed by atoms with E-state index in [4.69, 9.17) is 4.74 Å². The number of rotatable bonds is 11. The van der Waals surface area contributed by atoms with Gasteiger partial charge in [0, 0.05) is 23.5 Å². The van der Waals surface area contributed by atoms with Crippen molar-refractivity contribution in [1.29, 1.82) is 0 Å². The Hall–Kier alpha value is -4.13. The number of ether oxygens (including phenoxy) is 1. The fourth-order valence-corrected chi connectivity index (χ4v) is 3.19. The van der Waals surface area contributed by atoms with Crippen LogP contribution in [0.3, 0.4) is 0 Å². The standard InChI is InChI=1S/C27H29N3O4/c1-2-17-34-27(33)21-12-14-22(15-13-21)29-26(32)19-28-23-9-6-10-24(18-23)30-25(31)16-11-20-7-4-3-5-8-20/h3-10,12-15,18,28H,2,11,16-17,19H2,1H3,(H,29,32)(H,30,31). The third-order valence-electron chi connectivity index (χ3n) is 4.92. The minimum Gasteiger partial charge on any atom is -0.462 e. The maximum absolute atomic E-state index is 12.3. The van der Waals surface area contributed by atoms with Crippen LogP contribution in [-0.4, -0.2) is 30.9 Å². The summed E-state index contributed by atoms with van der Waals surface area (Å²) in [4.78, 5) is 36.4. The summed E-state index contributed by atoms with van der Waals surface area (Å²) in [5.74, 6) is -0.687. The number of carbonyl (C=O) groups is 3. The van der Waals surface area contributed by atoms with E-state index in [1.807, 2.05) is 49.4 Å². The molecule has 2 amide bonds. The molecule has 7 nitrogen and oxygen atoms in total. The Morgan fingerprint density at radius 3 is 2.21 bits per heavy atom. The second-order valence-corrected chi connectivity index (χ2v) is 7.73. The van der Waals surface area contributed by atoms with Crippen LogP contribution in [0.4, 0.5) is 17.1 Å². The number of benzene rings is 3. The second kappa shape index (κ2) is 12.8. The maximum Gasteiger partial charge on any atom is 0.338 e. The summed E-state index contributed by atoms with van der Waals surface area (Å²) in [5.41, 5.74) is 3.51. The molecule has 34 heavy (non-hydrogen) atoms. The lowest BCUT2D eigenvalue weighted by atomic mass is 10.1. The first-order valence-electron chi connectivity index (χ1n) is 11.3. The number of anilines is 3. The van der Waals surface area contributed by atoms with Gasteiger partial charge in [-0.3, -0.25) is 9.59 Å². The van der Waals surface area contributed by atoms with E-state index in [1.165, 1.54) is 0 Å². The van der Waals surface area contributed by atoms with E-state index in [0.717, 1.165) is 12.0 Å². The lowest BCUT2D eigenvalue weighted by Crippen LogP contribution is -2.22. The topological polar surface area (TPSA) is 96.5 Å². The molecule has 176 valence electrons. The summed E-state index contributed by atoms with van der Waals surface area (Å²) >= 11 is 0. The molecule has 0 aliphatic heterocycles. The van der Waals surface area contributed by atoms with Crippen molar-refractivity contribution in [3.05, 3.63) is 90.0 Å². The van der Waals surface area contributed by atoms with Gasteiger partial charge in [0.1, 0.15) is 0 Å². The molecule has 3 N–H and O–H groups in total. The van der Waals surface area contributed by atoms with Crippen molar-refractivity contribution in [1.82, 2.24) is 0 Å². The van der Waals surface area contributed by atoms with E-state index in [9.17, 15) is 14.4 Å². The van der Waals surface area contributed by atoms with Crippen molar-refractivity contribution in [3.63, 3.8) is 0 Å². The minimum atomic E-state index is -0.381. The van der Waals surface area contributed by atoms with Crippen molar-refractivity contribution >= 4 is 34.8 Å². The Balaban J connectivity index is 1.44. The Labute approximate surface area is 199 Å². The van der Waals surface area contributed by atoms with Gasteiger partial charge in [-0.2, -0.15) is 0 Å². The van der Waals surface area contributed by atoms with Gasteiger partial charge in [-0.15, -0.1) is 0 Å². The first kappa shape index (κ1) is 24.5. The van der Waals surface area contributed by atoms with E-state index in [0.29, 0.717) is 42.1 Å². The van der Waals surface area contributed by atoms with Gasteiger partial charge in [-0.05, 0) is 60.9 Å². The van der Waals surface area contributed by atoms with E-state index in [-0.39, 0.29) is 24.3 Å². The summed E-state index contributed by atoms with van der Waals surface area (Å²) < 4.78 is 5.09. The lowest BCUT2D eigenvalue weighted by molar-refractivity contribution is -0.116. The van der Waals surface area contributed by atoms with E-state index in [2.05, 4.69) is 16.0 Å². The van der Waals surface area contributed by atoms with Crippen molar-refractivity contribution in [2.24, 2.45) is 0 Å². The highest BCUT2D eigenvalue weighted by atomic mass is 16.5. The van der Waals surface area contributed by atoms with E-state index >= 15 is 0 Å². The van der Waals surface area contributed by atoms with Gasteiger partial charge in [0.25, 0.3) is 0 Å². The normalized spacial score (nSPS) is 10.3. The van der Waals surface area contributed by atoms with Crippen molar-refractivity contribution in [2.75, 3.05) is 29.1 Å². The molecule has 7 heteroatoms. The monoisotopic (exact) mass is 459 g/mol. The van der Waals surface area contributed by atoms with Crippen molar-refractivity contribution in [2.45, 2.75) is 26.2 Å². The smallest absolute Gasteiger partial charge is 0.338 e. The fraction of sp³-hybridized carbons (Fsp3) is 0.222. The molecule has 0 aliphatic rings. The summed E-state index contributed by atoms with van der Waals surface area (Å²) in [6.07, 6.45) is 1.82. The number of carbonyl (C=O) groups excluding carboxylic acids is 3. The predicted molar refractivity (Wildman–Crippen MR) is 134 cm³/mol. The Kier molecular flexibility index (Phi) is 9.22. The van der Waals surface area contributed by atoms with E-state index in [1.54, 1.807) is 36.4 Å². The summed E-state index contributed by atoms with van der Waals surface area (Å²) in [6.45, 7) is 2.35. The summed E-state index contributed by atoms with van der Waals surface area (Å²) in [5, 5.41) is 8.72. The third-order valence-corrected chi connectivity index (χ3v) is 4.92. The summed E-state index contributed by atoms with van der Waals surface area (Å²) in [7, 11) is 0. The molecular weight excluding hydrogens is 430 g/mol. The zero-order valence-corrected chi connectivity index (χ0v) is 19.2. The fourth-order valence-electron chi connectivity index (χ4n) is 3.19. The minimum absolute atomic E-state index is 0.0473. The predicted octanol–water partition coefficient (Wildman–Crippen LogP) is 4.88. The molecule has 0 aromatic heterocycles. The highest BCUT2D eigenvalue weighted by molar-refractivity contribution is 5.95. The van der Waals surface area contributed by atoms with Crippen LogP contribution in [0.1, 0.15) is 35.7 Å². The third kappa shape index (κ3) is 8.09. The number of hydrogen-bond donors (Lipinski definition) is 3. The number of aryl methyl sites for hydroxylation is 1.